The number of rotatable bonds is 5. The molecule has 0 aliphatic carbocycles. The molecule has 0 radical (unpaired) electrons. The molecule has 1 aliphatic rings. The number of carbonyl (C=O) groups is 3. The summed E-state index contributed by atoms with van der Waals surface area (Å²) in [4.78, 5) is 39.3. The summed E-state index contributed by atoms with van der Waals surface area (Å²) in [7, 11) is 0. The zero-order chi connectivity index (χ0) is 20.3. The highest BCUT2D eigenvalue weighted by molar-refractivity contribution is 6.07. The predicted molar refractivity (Wildman–Crippen MR) is 109 cm³/mol. The van der Waals surface area contributed by atoms with Gasteiger partial charge < -0.3 is 15.5 Å². The molecule has 0 bridgehead atoms. The van der Waals surface area contributed by atoms with Crippen molar-refractivity contribution in [3.8, 4) is 0 Å². The lowest BCUT2D eigenvalue weighted by Crippen LogP contribution is -2.32. The van der Waals surface area contributed by atoms with E-state index in [1.807, 2.05) is 45.0 Å². The monoisotopic (exact) mass is 379 g/mol. The van der Waals surface area contributed by atoms with Crippen molar-refractivity contribution >= 4 is 29.1 Å². The summed E-state index contributed by atoms with van der Waals surface area (Å²) in [5.41, 5.74) is 2.68. The Morgan fingerprint density at radius 1 is 1.07 bits per heavy atom. The SMILES string of the molecule is Cc1ccccc1N1C[C@H](C(=O)Nc2ccccc2C(=O)NC(C)C)CC1=O. The Labute approximate surface area is 164 Å². The number of aryl methyl sites for hydroxylation is 1. The van der Waals surface area contributed by atoms with Crippen LogP contribution in [0.4, 0.5) is 11.4 Å². The van der Waals surface area contributed by atoms with Crippen LogP contribution in [0.3, 0.4) is 0 Å². The molecule has 0 unspecified atom stereocenters. The third-order valence-corrected chi connectivity index (χ3v) is 4.75. The minimum absolute atomic E-state index is 0.00798. The highest BCUT2D eigenvalue weighted by Gasteiger charge is 2.35. The largest absolute Gasteiger partial charge is 0.350 e. The Morgan fingerprint density at radius 2 is 1.75 bits per heavy atom. The van der Waals surface area contributed by atoms with Gasteiger partial charge in [-0.2, -0.15) is 0 Å². The number of carbonyl (C=O) groups excluding carboxylic acids is 3. The third-order valence-electron chi connectivity index (χ3n) is 4.75. The number of anilines is 2. The molecule has 0 saturated carbocycles. The molecule has 3 amide bonds. The van der Waals surface area contributed by atoms with Crippen LogP contribution in [-0.4, -0.2) is 30.3 Å². The first-order valence-electron chi connectivity index (χ1n) is 9.43. The molecule has 0 aromatic heterocycles. The Kier molecular flexibility index (Phi) is 5.78. The molecule has 6 nitrogen and oxygen atoms in total. The molecule has 146 valence electrons. The van der Waals surface area contributed by atoms with Gasteiger partial charge in [0.05, 0.1) is 17.2 Å². The van der Waals surface area contributed by atoms with Crippen molar-refractivity contribution in [1.29, 1.82) is 0 Å². The zero-order valence-electron chi connectivity index (χ0n) is 16.4. The molecule has 1 saturated heterocycles. The van der Waals surface area contributed by atoms with Gasteiger partial charge >= 0.3 is 0 Å². The molecule has 28 heavy (non-hydrogen) atoms. The second-order valence-electron chi connectivity index (χ2n) is 7.35. The van der Waals surface area contributed by atoms with Crippen molar-refractivity contribution in [2.75, 3.05) is 16.8 Å². The summed E-state index contributed by atoms with van der Waals surface area (Å²) in [5, 5.41) is 5.67. The zero-order valence-corrected chi connectivity index (χ0v) is 16.4. The average molecular weight is 379 g/mol. The minimum atomic E-state index is -0.465. The quantitative estimate of drug-likeness (QED) is 0.838. The summed E-state index contributed by atoms with van der Waals surface area (Å²) in [6.45, 7) is 6.03. The van der Waals surface area contributed by atoms with E-state index in [9.17, 15) is 14.4 Å². The van der Waals surface area contributed by atoms with Crippen molar-refractivity contribution in [3.05, 3.63) is 59.7 Å². The normalized spacial score (nSPS) is 16.4. The van der Waals surface area contributed by atoms with Gasteiger partial charge in [0.1, 0.15) is 0 Å². The minimum Gasteiger partial charge on any atom is -0.350 e. The first-order valence-corrected chi connectivity index (χ1v) is 9.43. The summed E-state index contributed by atoms with van der Waals surface area (Å²) in [6, 6.07) is 14.5. The Bertz CT molecular complexity index is 907. The van der Waals surface area contributed by atoms with Crippen LogP contribution in [0.15, 0.2) is 48.5 Å². The fourth-order valence-corrected chi connectivity index (χ4v) is 3.35. The number of nitrogens with one attached hydrogen (secondary N) is 2. The van der Waals surface area contributed by atoms with E-state index in [2.05, 4.69) is 10.6 Å². The molecule has 1 aliphatic heterocycles. The molecule has 2 aromatic carbocycles. The Balaban J connectivity index is 1.74. The molecular weight excluding hydrogens is 354 g/mol. The number of amides is 3. The van der Waals surface area contributed by atoms with Crippen molar-refractivity contribution < 1.29 is 14.4 Å². The van der Waals surface area contributed by atoms with Crippen LogP contribution in [0.2, 0.25) is 0 Å². The highest BCUT2D eigenvalue weighted by Crippen LogP contribution is 2.28. The van der Waals surface area contributed by atoms with Crippen molar-refractivity contribution in [2.45, 2.75) is 33.2 Å². The average Bonchev–Trinajstić information content (AvgIpc) is 3.03. The van der Waals surface area contributed by atoms with Crippen LogP contribution in [0, 0.1) is 12.8 Å². The van der Waals surface area contributed by atoms with Gasteiger partial charge in [-0.05, 0) is 44.5 Å². The topological polar surface area (TPSA) is 78.5 Å². The van der Waals surface area contributed by atoms with Crippen molar-refractivity contribution in [2.24, 2.45) is 5.92 Å². The van der Waals surface area contributed by atoms with Crippen molar-refractivity contribution in [3.63, 3.8) is 0 Å². The molecule has 6 heteroatoms. The predicted octanol–water partition coefficient (Wildman–Crippen LogP) is 3.12. The van der Waals surface area contributed by atoms with Gasteiger partial charge in [-0.25, -0.2) is 0 Å². The number of hydrogen-bond donors (Lipinski definition) is 2. The summed E-state index contributed by atoms with van der Waals surface area (Å²) in [6.07, 6.45) is 0.153. The van der Waals surface area contributed by atoms with Crippen LogP contribution in [0.1, 0.15) is 36.2 Å². The first kappa shape index (κ1) is 19.6. The lowest BCUT2D eigenvalue weighted by molar-refractivity contribution is -0.122. The third kappa shape index (κ3) is 4.22. The van der Waals surface area contributed by atoms with Crippen LogP contribution < -0.4 is 15.5 Å². The maximum absolute atomic E-state index is 12.8. The molecule has 1 fully saturated rings. The highest BCUT2D eigenvalue weighted by atomic mass is 16.2. The van der Waals surface area contributed by atoms with Crippen molar-refractivity contribution in [1.82, 2.24) is 5.32 Å². The van der Waals surface area contributed by atoms with Gasteiger partial charge in [0.2, 0.25) is 11.8 Å². The maximum Gasteiger partial charge on any atom is 0.253 e. The van der Waals surface area contributed by atoms with E-state index in [1.165, 1.54) is 0 Å². The fraction of sp³-hybridized carbons (Fsp3) is 0.318. The molecule has 1 atom stereocenters. The molecule has 0 spiro atoms. The lowest BCUT2D eigenvalue weighted by Gasteiger charge is -2.19. The van der Waals surface area contributed by atoms with Crippen LogP contribution in [-0.2, 0) is 9.59 Å². The summed E-state index contributed by atoms with van der Waals surface area (Å²) < 4.78 is 0. The molecule has 3 rings (SSSR count). The van der Waals surface area contributed by atoms with E-state index < -0.39 is 5.92 Å². The number of nitrogens with zero attached hydrogens (tertiary/aromatic N) is 1. The first-order chi connectivity index (χ1) is 13.4. The molecule has 1 heterocycles. The van der Waals surface area contributed by atoms with E-state index in [-0.39, 0.29) is 30.2 Å². The van der Waals surface area contributed by atoms with E-state index in [4.69, 9.17) is 0 Å². The Hall–Kier alpha value is -3.15. The van der Waals surface area contributed by atoms with Crippen LogP contribution in [0.5, 0.6) is 0 Å². The number of para-hydroxylation sites is 2. The Morgan fingerprint density at radius 3 is 2.46 bits per heavy atom. The van der Waals surface area contributed by atoms with Gasteiger partial charge in [0, 0.05) is 24.7 Å². The van der Waals surface area contributed by atoms with E-state index in [0.29, 0.717) is 17.8 Å². The number of benzene rings is 2. The summed E-state index contributed by atoms with van der Waals surface area (Å²) in [5.74, 6) is -1.03. The second-order valence-corrected chi connectivity index (χ2v) is 7.35. The van der Waals surface area contributed by atoms with Gasteiger partial charge in [0.15, 0.2) is 0 Å². The molecule has 2 aromatic rings. The van der Waals surface area contributed by atoms with E-state index >= 15 is 0 Å². The van der Waals surface area contributed by atoms with Gasteiger partial charge in [-0.3, -0.25) is 14.4 Å². The maximum atomic E-state index is 12.8. The van der Waals surface area contributed by atoms with Gasteiger partial charge in [0.25, 0.3) is 5.91 Å². The summed E-state index contributed by atoms with van der Waals surface area (Å²) >= 11 is 0. The van der Waals surface area contributed by atoms with Crippen LogP contribution in [0.25, 0.3) is 0 Å². The fourth-order valence-electron chi connectivity index (χ4n) is 3.35. The van der Waals surface area contributed by atoms with E-state index in [1.54, 1.807) is 29.2 Å². The second kappa shape index (κ2) is 8.25. The number of hydrogen-bond acceptors (Lipinski definition) is 3. The molecule has 2 N–H and O–H groups in total. The van der Waals surface area contributed by atoms with Gasteiger partial charge in [-0.15, -0.1) is 0 Å². The van der Waals surface area contributed by atoms with E-state index in [0.717, 1.165) is 11.3 Å². The van der Waals surface area contributed by atoms with Gasteiger partial charge in [-0.1, -0.05) is 30.3 Å². The smallest absolute Gasteiger partial charge is 0.253 e. The molecular formula is C22H25N3O3. The van der Waals surface area contributed by atoms with Crippen LogP contribution >= 0.6 is 0 Å². The standard InChI is InChI=1S/C22H25N3O3/c1-14(2)23-22(28)17-9-5-6-10-18(17)24-21(27)16-12-20(26)25(13-16)19-11-7-4-8-15(19)3/h4-11,14,16H,12-13H2,1-3H3,(H,23,28)(H,24,27)/t16-/m1/s1. The lowest BCUT2D eigenvalue weighted by atomic mass is 10.1.